The number of halogens is 2. The predicted octanol–water partition coefficient (Wildman–Crippen LogP) is 5.92. The van der Waals surface area contributed by atoms with Gasteiger partial charge in [-0.05, 0) is 40.5 Å². The maximum absolute atomic E-state index is 13.5. The third kappa shape index (κ3) is 2.52. The summed E-state index contributed by atoms with van der Waals surface area (Å²) in [7, 11) is 0. The van der Waals surface area contributed by atoms with E-state index in [4.69, 9.17) is 0 Å². The summed E-state index contributed by atoms with van der Waals surface area (Å²) >= 11 is 3.58. The molecule has 0 radical (unpaired) electrons. The lowest BCUT2D eigenvalue weighted by Gasteiger charge is -2.11. The fourth-order valence-electron chi connectivity index (χ4n) is 2.31. The second-order valence-electron chi connectivity index (χ2n) is 4.54. The van der Waals surface area contributed by atoms with Gasteiger partial charge in [0.2, 0.25) is 0 Å². The van der Waals surface area contributed by atoms with Crippen LogP contribution in [-0.2, 0) is 0 Å². The van der Waals surface area contributed by atoms with Crippen LogP contribution in [0.15, 0.2) is 77.3 Å². The van der Waals surface area contributed by atoms with E-state index in [0.717, 1.165) is 26.7 Å². The Labute approximate surface area is 126 Å². The minimum absolute atomic E-state index is 0.218. The number of hydrogen-bond acceptors (Lipinski definition) is 0. The largest absolute Gasteiger partial charge is 0.207 e. The van der Waals surface area contributed by atoms with E-state index < -0.39 is 0 Å². The van der Waals surface area contributed by atoms with Gasteiger partial charge in [-0.1, -0.05) is 70.5 Å². The molecule has 0 nitrogen and oxygen atoms in total. The van der Waals surface area contributed by atoms with Gasteiger partial charge >= 0.3 is 0 Å². The van der Waals surface area contributed by atoms with E-state index >= 15 is 0 Å². The van der Waals surface area contributed by atoms with Crippen LogP contribution in [0.4, 0.5) is 4.39 Å². The first-order valence-corrected chi connectivity index (χ1v) is 7.15. The van der Waals surface area contributed by atoms with Crippen LogP contribution < -0.4 is 0 Å². The summed E-state index contributed by atoms with van der Waals surface area (Å²) in [5, 5.41) is 0. The summed E-state index contributed by atoms with van der Waals surface area (Å²) < 4.78 is 14.5. The standard InChI is InChI=1S/C18H12BrF/c19-18-11-4-3-10-17(18)16-9-2-1-8-15(16)13-6-5-7-14(20)12-13/h1-12H. The third-order valence-corrected chi connectivity index (χ3v) is 3.92. The smallest absolute Gasteiger partial charge is 0.123 e. The van der Waals surface area contributed by atoms with Crippen LogP contribution in [0.1, 0.15) is 0 Å². The summed E-state index contributed by atoms with van der Waals surface area (Å²) in [6.07, 6.45) is 0. The van der Waals surface area contributed by atoms with Crippen LogP contribution in [0, 0.1) is 5.82 Å². The lowest BCUT2D eigenvalue weighted by molar-refractivity contribution is 0.628. The molecule has 0 aliphatic carbocycles. The van der Waals surface area contributed by atoms with E-state index in [1.807, 2.05) is 42.5 Å². The fraction of sp³-hybridized carbons (Fsp3) is 0. The van der Waals surface area contributed by atoms with Gasteiger partial charge in [-0.15, -0.1) is 0 Å². The van der Waals surface area contributed by atoms with Gasteiger partial charge in [0, 0.05) is 4.47 Å². The predicted molar refractivity (Wildman–Crippen MR) is 85.0 cm³/mol. The zero-order valence-electron chi connectivity index (χ0n) is 10.7. The lowest BCUT2D eigenvalue weighted by Crippen LogP contribution is -1.86. The van der Waals surface area contributed by atoms with E-state index in [1.165, 1.54) is 6.07 Å². The summed E-state index contributed by atoms with van der Waals surface area (Å²) in [5.41, 5.74) is 4.10. The van der Waals surface area contributed by atoms with Crippen molar-refractivity contribution >= 4 is 15.9 Å². The number of benzene rings is 3. The van der Waals surface area contributed by atoms with Crippen molar-refractivity contribution in [1.29, 1.82) is 0 Å². The van der Waals surface area contributed by atoms with E-state index in [9.17, 15) is 4.39 Å². The highest BCUT2D eigenvalue weighted by atomic mass is 79.9. The third-order valence-electron chi connectivity index (χ3n) is 3.23. The summed E-state index contributed by atoms with van der Waals surface area (Å²) in [4.78, 5) is 0. The minimum Gasteiger partial charge on any atom is -0.207 e. The molecule has 0 aromatic heterocycles. The Kier molecular flexibility index (Phi) is 3.66. The average Bonchev–Trinajstić information content (AvgIpc) is 2.48. The van der Waals surface area contributed by atoms with Crippen LogP contribution in [0.2, 0.25) is 0 Å². The van der Waals surface area contributed by atoms with E-state index in [0.29, 0.717) is 0 Å². The highest BCUT2D eigenvalue weighted by molar-refractivity contribution is 9.10. The molecule has 0 spiro atoms. The van der Waals surface area contributed by atoms with Gasteiger partial charge < -0.3 is 0 Å². The maximum atomic E-state index is 13.5. The Hall–Kier alpha value is -1.93. The Balaban J connectivity index is 2.22. The molecule has 0 atom stereocenters. The first-order valence-electron chi connectivity index (χ1n) is 6.35. The van der Waals surface area contributed by atoms with Gasteiger partial charge in [-0.2, -0.15) is 0 Å². The van der Waals surface area contributed by atoms with Crippen molar-refractivity contribution in [3.8, 4) is 22.3 Å². The second-order valence-corrected chi connectivity index (χ2v) is 5.39. The maximum Gasteiger partial charge on any atom is 0.123 e. The van der Waals surface area contributed by atoms with E-state index in [2.05, 4.69) is 28.1 Å². The first-order chi connectivity index (χ1) is 9.75. The SMILES string of the molecule is Fc1cccc(-c2ccccc2-c2ccccc2Br)c1. The minimum atomic E-state index is -0.218. The van der Waals surface area contributed by atoms with Crippen molar-refractivity contribution in [2.75, 3.05) is 0 Å². The van der Waals surface area contributed by atoms with Gasteiger partial charge in [0.15, 0.2) is 0 Å². The molecule has 0 N–H and O–H groups in total. The normalized spacial score (nSPS) is 10.5. The quantitative estimate of drug-likeness (QED) is 0.548. The monoisotopic (exact) mass is 326 g/mol. The van der Waals surface area contributed by atoms with Crippen LogP contribution in [-0.4, -0.2) is 0 Å². The van der Waals surface area contributed by atoms with E-state index in [1.54, 1.807) is 12.1 Å². The van der Waals surface area contributed by atoms with Crippen LogP contribution in [0.5, 0.6) is 0 Å². The molecule has 0 fully saturated rings. The van der Waals surface area contributed by atoms with Gasteiger partial charge in [-0.3, -0.25) is 0 Å². The molecule has 0 aliphatic rings. The topological polar surface area (TPSA) is 0 Å². The molecule has 0 bridgehead atoms. The second kappa shape index (κ2) is 5.59. The van der Waals surface area contributed by atoms with Crippen molar-refractivity contribution < 1.29 is 4.39 Å². The van der Waals surface area contributed by atoms with Crippen molar-refractivity contribution in [1.82, 2.24) is 0 Å². The van der Waals surface area contributed by atoms with Gasteiger partial charge in [0.25, 0.3) is 0 Å². The van der Waals surface area contributed by atoms with Gasteiger partial charge in [0.1, 0.15) is 5.82 Å². The summed E-state index contributed by atoms with van der Waals surface area (Å²) in [6.45, 7) is 0. The molecule has 0 saturated heterocycles. The van der Waals surface area contributed by atoms with Crippen LogP contribution in [0.25, 0.3) is 22.3 Å². The van der Waals surface area contributed by atoms with Crippen molar-refractivity contribution in [3.05, 3.63) is 83.1 Å². The van der Waals surface area contributed by atoms with Crippen LogP contribution in [0.3, 0.4) is 0 Å². The molecule has 0 aliphatic heterocycles. The molecular formula is C18H12BrF. The fourth-order valence-corrected chi connectivity index (χ4v) is 2.80. The molecule has 0 unspecified atom stereocenters. The molecular weight excluding hydrogens is 315 g/mol. The van der Waals surface area contributed by atoms with Crippen molar-refractivity contribution in [3.63, 3.8) is 0 Å². The Morgan fingerprint density at radius 1 is 0.650 bits per heavy atom. The van der Waals surface area contributed by atoms with Gasteiger partial charge in [0.05, 0.1) is 0 Å². The molecule has 0 heterocycles. The molecule has 20 heavy (non-hydrogen) atoms. The zero-order valence-corrected chi connectivity index (χ0v) is 12.3. The van der Waals surface area contributed by atoms with Crippen molar-refractivity contribution in [2.24, 2.45) is 0 Å². The highest BCUT2D eigenvalue weighted by Gasteiger charge is 2.09. The zero-order chi connectivity index (χ0) is 13.9. The average molecular weight is 327 g/mol. The summed E-state index contributed by atoms with van der Waals surface area (Å²) in [6, 6.07) is 22.8. The molecule has 3 rings (SSSR count). The molecule has 3 aromatic rings. The van der Waals surface area contributed by atoms with Gasteiger partial charge in [-0.25, -0.2) is 4.39 Å². The molecule has 98 valence electrons. The molecule has 3 aromatic carbocycles. The molecule has 0 saturated carbocycles. The Morgan fingerprint density at radius 3 is 2.00 bits per heavy atom. The first kappa shape index (κ1) is 13.1. The van der Waals surface area contributed by atoms with E-state index in [-0.39, 0.29) is 5.82 Å². The molecule has 0 amide bonds. The Bertz CT molecular complexity index is 750. The highest BCUT2D eigenvalue weighted by Crippen LogP contribution is 2.35. The lowest BCUT2D eigenvalue weighted by atomic mass is 9.95. The Morgan fingerprint density at radius 2 is 1.30 bits per heavy atom. The number of rotatable bonds is 2. The van der Waals surface area contributed by atoms with Crippen molar-refractivity contribution in [2.45, 2.75) is 0 Å². The summed E-state index contributed by atoms with van der Waals surface area (Å²) in [5.74, 6) is -0.218. The number of hydrogen-bond donors (Lipinski definition) is 0. The molecule has 2 heteroatoms. The van der Waals surface area contributed by atoms with Crippen LogP contribution >= 0.6 is 15.9 Å².